The molecule has 0 aliphatic heterocycles. The number of likely N-dealkylation sites (N-methyl/N-ethyl adjacent to an activating group) is 1. The van der Waals surface area contributed by atoms with Crippen LogP contribution in [0.5, 0.6) is 0 Å². The summed E-state index contributed by atoms with van der Waals surface area (Å²) in [6.45, 7) is 3.09. The normalized spacial score (nSPS) is 16.4. The van der Waals surface area contributed by atoms with Gasteiger partial charge in [0.15, 0.2) is 0 Å². The molecule has 2 atom stereocenters. The molecule has 5 heteroatoms. The van der Waals surface area contributed by atoms with Crippen LogP contribution in [0.15, 0.2) is 24.3 Å². The fourth-order valence-corrected chi connectivity index (χ4v) is 2.33. The molecule has 108 valence electrons. The Hall–Kier alpha value is -0.650. The van der Waals surface area contributed by atoms with Gasteiger partial charge in [-0.15, -0.1) is 0 Å². The largest absolute Gasteiger partial charge is 0.388 e. The van der Waals surface area contributed by atoms with Crippen LogP contribution >= 0.6 is 11.6 Å². The maximum atomic E-state index is 10.1. The highest BCUT2D eigenvalue weighted by Crippen LogP contribution is 2.21. The molecule has 0 saturated carbocycles. The molecule has 0 heterocycles. The Bertz CT molecular complexity index is 397. The molecule has 3 N–H and O–H groups in total. The van der Waals surface area contributed by atoms with E-state index in [1.54, 1.807) is 19.1 Å². The zero-order valence-electron chi connectivity index (χ0n) is 11.7. The number of rotatable bonds is 7. The zero-order chi connectivity index (χ0) is 14.5. The molecule has 0 saturated heterocycles. The Balaban J connectivity index is 2.43. The molecule has 0 bridgehead atoms. The maximum absolute atomic E-state index is 10.1. The summed E-state index contributed by atoms with van der Waals surface area (Å²) < 4.78 is 0. The van der Waals surface area contributed by atoms with E-state index in [4.69, 9.17) is 11.6 Å². The lowest BCUT2D eigenvalue weighted by Crippen LogP contribution is -2.46. The average Bonchev–Trinajstić information content (AvgIpc) is 2.27. The van der Waals surface area contributed by atoms with Gasteiger partial charge >= 0.3 is 0 Å². The van der Waals surface area contributed by atoms with Crippen LogP contribution in [0.1, 0.15) is 18.6 Å². The van der Waals surface area contributed by atoms with Crippen LogP contribution in [-0.2, 0) is 0 Å². The summed E-state index contributed by atoms with van der Waals surface area (Å²) in [5, 5.41) is 23.8. The first kappa shape index (κ1) is 16.4. The smallest absolute Gasteiger partial charge is 0.0928 e. The number of halogens is 1. The Morgan fingerprint density at radius 3 is 2.58 bits per heavy atom. The van der Waals surface area contributed by atoms with Crippen LogP contribution in [0.2, 0.25) is 5.02 Å². The van der Waals surface area contributed by atoms with E-state index in [1.807, 2.05) is 31.1 Å². The van der Waals surface area contributed by atoms with Gasteiger partial charge in [-0.05, 0) is 27.1 Å². The third kappa shape index (κ3) is 5.89. The summed E-state index contributed by atoms with van der Waals surface area (Å²) in [6.07, 6.45) is -0.677. The minimum absolute atomic E-state index is 0.354. The van der Waals surface area contributed by atoms with Crippen molar-refractivity contribution in [2.24, 2.45) is 0 Å². The van der Waals surface area contributed by atoms with E-state index in [2.05, 4.69) is 5.32 Å². The summed E-state index contributed by atoms with van der Waals surface area (Å²) in [5.41, 5.74) is -0.132. The van der Waals surface area contributed by atoms with Gasteiger partial charge in [-0.25, -0.2) is 0 Å². The quantitative estimate of drug-likeness (QED) is 0.707. The van der Waals surface area contributed by atoms with Crippen molar-refractivity contribution in [3.8, 4) is 0 Å². The first-order chi connectivity index (χ1) is 8.82. The van der Waals surface area contributed by atoms with Gasteiger partial charge in [-0.1, -0.05) is 29.8 Å². The lowest BCUT2D eigenvalue weighted by molar-refractivity contribution is 0.0308. The Morgan fingerprint density at radius 2 is 2.00 bits per heavy atom. The summed E-state index contributed by atoms with van der Waals surface area (Å²) in [4.78, 5) is 1.92. The lowest BCUT2D eigenvalue weighted by Gasteiger charge is -2.27. The van der Waals surface area contributed by atoms with E-state index in [-0.39, 0.29) is 0 Å². The minimum Gasteiger partial charge on any atom is -0.388 e. The van der Waals surface area contributed by atoms with Crippen molar-refractivity contribution in [3.63, 3.8) is 0 Å². The van der Waals surface area contributed by atoms with E-state index in [0.717, 1.165) is 0 Å². The molecular formula is C14H23ClN2O2. The van der Waals surface area contributed by atoms with Gasteiger partial charge in [-0.2, -0.15) is 0 Å². The van der Waals surface area contributed by atoms with E-state index in [9.17, 15) is 10.2 Å². The van der Waals surface area contributed by atoms with Gasteiger partial charge in [0, 0.05) is 30.2 Å². The van der Waals surface area contributed by atoms with Crippen LogP contribution < -0.4 is 5.32 Å². The first-order valence-corrected chi connectivity index (χ1v) is 6.70. The summed E-state index contributed by atoms with van der Waals surface area (Å²) in [5.74, 6) is 0. The SMILES string of the molecule is CN(C)CC(C)(O)CNCC(O)c1ccccc1Cl. The highest BCUT2D eigenvalue weighted by molar-refractivity contribution is 6.31. The molecule has 0 aliphatic carbocycles. The van der Waals surface area contributed by atoms with Crippen molar-refractivity contribution in [1.82, 2.24) is 10.2 Å². The number of aliphatic hydroxyl groups is 2. The number of hydrogen-bond acceptors (Lipinski definition) is 4. The highest BCUT2D eigenvalue weighted by atomic mass is 35.5. The van der Waals surface area contributed by atoms with Crippen molar-refractivity contribution < 1.29 is 10.2 Å². The van der Waals surface area contributed by atoms with Crippen molar-refractivity contribution in [2.45, 2.75) is 18.6 Å². The molecule has 0 fully saturated rings. The van der Waals surface area contributed by atoms with Gasteiger partial charge in [0.1, 0.15) is 0 Å². The van der Waals surface area contributed by atoms with Crippen LogP contribution in [0.25, 0.3) is 0 Å². The second-order valence-electron chi connectivity index (χ2n) is 5.40. The molecule has 4 nitrogen and oxygen atoms in total. The molecule has 0 aliphatic rings. The maximum Gasteiger partial charge on any atom is 0.0928 e. The van der Waals surface area contributed by atoms with Gasteiger partial charge in [0.25, 0.3) is 0 Å². The van der Waals surface area contributed by atoms with Crippen molar-refractivity contribution in [2.75, 3.05) is 33.7 Å². The first-order valence-electron chi connectivity index (χ1n) is 6.32. The summed E-state index contributed by atoms with van der Waals surface area (Å²) in [6, 6.07) is 7.22. The molecule has 0 radical (unpaired) electrons. The fourth-order valence-electron chi connectivity index (χ4n) is 2.07. The topological polar surface area (TPSA) is 55.7 Å². The van der Waals surface area contributed by atoms with Crippen molar-refractivity contribution >= 4 is 11.6 Å². The van der Waals surface area contributed by atoms with Crippen LogP contribution in [0.3, 0.4) is 0 Å². The van der Waals surface area contributed by atoms with E-state index in [0.29, 0.717) is 30.2 Å². The number of nitrogens with zero attached hydrogens (tertiary/aromatic N) is 1. The average molecular weight is 287 g/mol. The summed E-state index contributed by atoms with van der Waals surface area (Å²) >= 11 is 6.01. The number of benzene rings is 1. The van der Waals surface area contributed by atoms with Gasteiger partial charge in [-0.3, -0.25) is 0 Å². The molecule has 1 aromatic rings. The second-order valence-corrected chi connectivity index (χ2v) is 5.81. The molecule has 0 aromatic heterocycles. The third-order valence-corrected chi connectivity index (χ3v) is 3.11. The molecule has 0 spiro atoms. The van der Waals surface area contributed by atoms with Gasteiger partial charge < -0.3 is 20.4 Å². The van der Waals surface area contributed by atoms with Crippen LogP contribution in [-0.4, -0.2) is 54.4 Å². The number of hydrogen-bond donors (Lipinski definition) is 3. The Labute approximate surface area is 120 Å². The molecule has 1 aromatic carbocycles. The minimum atomic E-state index is -0.830. The van der Waals surface area contributed by atoms with E-state index >= 15 is 0 Å². The molecular weight excluding hydrogens is 264 g/mol. The number of nitrogens with one attached hydrogen (secondary N) is 1. The molecule has 2 unspecified atom stereocenters. The van der Waals surface area contributed by atoms with Gasteiger partial charge in [0.2, 0.25) is 0 Å². The lowest BCUT2D eigenvalue weighted by atomic mass is 10.1. The number of aliphatic hydroxyl groups excluding tert-OH is 1. The highest BCUT2D eigenvalue weighted by Gasteiger charge is 2.21. The van der Waals surface area contributed by atoms with E-state index in [1.165, 1.54) is 0 Å². The Kier molecular flexibility index (Phi) is 6.23. The third-order valence-electron chi connectivity index (χ3n) is 2.76. The van der Waals surface area contributed by atoms with E-state index < -0.39 is 11.7 Å². The molecule has 19 heavy (non-hydrogen) atoms. The van der Waals surface area contributed by atoms with Gasteiger partial charge in [0.05, 0.1) is 11.7 Å². The van der Waals surface area contributed by atoms with Crippen molar-refractivity contribution in [3.05, 3.63) is 34.9 Å². The molecule has 0 amide bonds. The predicted octanol–water partition coefficient (Wildman–Crippen LogP) is 1.28. The monoisotopic (exact) mass is 286 g/mol. The predicted molar refractivity (Wildman–Crippen MR) is 78.5 cm³/mol. The Morgan fingerprint density at radius 1 is 1.37 bits per heavy atom. The summed E-state index contributed by atoms with van der Waals surface area (Å²) in [7, 11) is 3.82. The fraction of sp³-hybridized carbons (Fsp3) is 0.571. The molecule has 1 rings (SSSR count). The second kappa shape index (κ2) is 7.22. The van der Waals surface area contributed by atoms with Crippen LogP contribution in [0, 0.1) is 0 Å². The van der Waals surface area contributed by atoms with Crippen molar-refractivity contribution in [1.29, 1.82) is 0 Å². The zero-order valence-corrected chi connectivity index (χ0v) is 12.5. The standard InChI is InChI=1S/C14H23ClN2O2/c1-14(19,10-17(2)3)9-16-8-13(18)11-6-4-5-7-12(11)15/h4-7,13,16,18-19H,8-10H2,1-3H3. The van der Waals surface area contributed by atoms with Crippen LogP contribution in [0.4, 0.5) is 0 Å².